The molecule has 2 aliphatic rings. The second kappa shape index (κ2) is 6.57. The van der Waals surface area contributed by atoms with Crippen molar-refractivity contribution in [2.24, 2.45) is 5.73 Å². The predicted molar refractivity (Wildman–Crippen MR) is 77.0 cm³/mol. The highest BCUT2D eigenvalue weighted by molar-refractivity contribution is 5.73. The SMILES string of the molecule is CN(C)C(=O)N1CCC(NC2CCC(N)CC2)CC1. The van der Waals surface area contributed by atoms with Gasteiger partial charge in [-0.3, -0.25) is 0 Å². The highest BCUT2D eigenvalue weighted by atomic mass is 16.2. The Balaban J connectivity index is 1.70. The Morgan fingerprint density at radius 2 is 1.58 bits per heavy atom. The Bertz CT molecular complexity index is 292. The van der Waals surface area contributed by atoms with Crippen LogP contribution in [0.25, 0.3) is 0 Å². The summed E-state index contributed by atoms with van der Waals surface area (Å²) in [5.74, 6) is 0. The van der Waals surface area contributed by atoms with Gasteiger partial charge in [-0.05, 0) is 38.5 Å². The minimum absolute atomic E-state index is 0.141. The summed E-state index contributed by atoms with van der Waals surface area (Å²) in [6.07, 6.45) is 6.85. The zero-order chi connectivity index (χ0) is 13.8. The standard InChI is InChI=1S/C14H28N4O/c1-17(2)14(19)18-9-7-13(8-10-18)16-12-5-3-11(15)4-6-12/h11-13,16H,3-10,15H2,1-2H3. The van der Waals surface area contributed by atoms with E-state index in [0.29, 0.717) is 18.1 Å². The van der Waals surface area contributed by atoms with Crippen molar-refractivity contribution in [3.8, 4) is 0 Å². The molecule has 1 aliphatic carbocycles. The van der Waals surface area contributed by atoms with Gasteiger partial charge in [0.1, 0.15) is 0 Å². The van der Waals surface area contributed by atoms with Crippen LogP contribution < -0.4 is 11.1 Å². The Labute approximate surface area is 116 Å². The lowest BCUT2D eigenvalue weighted by Gasteiger charge is -2.37. The van der Waals surface area contributed by atoms with Gasteiger partial charge in [-0.1, -0.05) is 0 Å². The van der Waals surface area contributed by atoms with E-state index in [0.717, 1.165) is 38.8 Å². The fraction of sp³-hybridized carbons (Fsp3) is 0.929. The van der Waals surface area contributed by atoms with Crippen molar-refractivity contribution in [1.82, 2.24) is 15.1 Å². The molecule has 0 atom stereocenters. The van der Waals surface area contributed by atoms with Gasteiger partial charge in [-0.2, -0.15) is 0 Å². The molecule has 0 unspecified atom stereocenters. The number of amides is 2. The third-order valence-electron chi connectivity index (χ3n) is 4.39. The van der Waals surface area contributed by atoms with E-state index in [2.05, 4.69) is 5.32 Å². The molecule has 2 fully saturated rings. The van der Waals surface area contributed by atoms with Crippen LogP contribution in [0.3, 0.4) is 0 Å². The summed E-state index contributed by atoms with van der Waals surface area (Å²) in [4.78, 5) is 15.5. The molecule has 1 heterocycles. The number of nitrogens with zero attached hydrogens (tertiary/aromatic N) is 2. The van der Waals surface area contributed by atoms with Gasteiger partial charge < -0.3 is 20.9 Å². The first-order chi connectivity index (χ1) is 9.06. The molecule has 1 saturated carbocycles. The van der Waals surface area contributed by atoms with Crippen molar-refractivity contribution in [1.29, 1.82) is 0 Å². The van der Waals surface area contributed by atoms with Crippen LogP contribution in [0, 0.1) is 0 Å². The van der Waals surface area contributed by atoms with Gasteiger partial charge in [-0.25, -0.2) is 4.79 Å². The summed E-state index contributed by atoms with van der Waals surface area (Å²) in [5.41, 5.74) is 5.93. The maximum Gasteiger partial charge on any atom is 0.319 e. The summed E-state index contributed by atoms with van der Waals surface area (Å²) in [7, 11) is 3.63. The summed E-state index contributed by atoms with van der Waals surface area (Å²) in [5, 5.41) is 3.76. The van der Waals surface area contributed by atoms with Crippen molar-refractivity contribution >= 4 is 6.03 Å². The first-order valence-corrected chi connectivity index (χ1v) is 7.54. The van der Waals surface area contributed by atoms with Crippen LogP contribution in [0.4, 0.5) is 4.79 Å². The molecular formula is C14H28N4O. The molecule has 0 radical (unpaired) electrons. The lowest BCUT2D eigenvalue weighted by molar-refractivity contribution is 0.148. The summed E-state index contributed by atoms with van der Waals surface area (Å²) in [6, 6.07) is 1.77. The lowest BCUT2D eigenvalue weighted by atomic mass is 9.90. The highest BCUT2D eigenvalue weighted by Crippen LogP contribution is 2.20. The van der Waals surface area contributed by atoms with Gasteiger partial charge >= 0.3 is 6.03 Å². The van der Waals surface area contributed by atoms with Gasteiger partial charge in [0.05, 0.1) is 0 Å². The van der Waals surface area contributed by atoms with Gasteiger partial charge in [0, 0.05) is 45.3 Å². The maximum atomic E-state index is 11.8. The largest absolute Gasteiger partial charge is 0.331 e. The highest BCUT2D eigenvalue weighted by Gasteiger charge is 2.26. The van der Waals surface area contributed by atoms with Crippen molar-refractivity contribution in [3.63, 3.8) is 0 Å². The number of hydrogen-bond acceptors (Lipinski definition) is 3. The van der Waals surface area contributed by atoms with E-state index in [1.807, 2.05) is 19.0 Å². The van der Waals surface area contributed by atoms with E-state index >= 15 is 0 Å². The van der Waals surface area contributed by atoms with E-state index in [4.69, 9.17) is 5.73 Å². The van der Waals surface area contributed by atoms with Crippen LogP contribution in [0.1, 0.15) is 38.5 Å². The number of urea groups is 1. The number of nitrogens with one attached hydrogen (secondary N) is 1. The molecule has 0 aromatic rings. The second-order valence-electron chi connectivity index (χ2n) is 6.22. The van der Waals surface area contributed by atoms with Gasteiger partial charge in [0.25, 0.3) is 0 Å². The first-order valence-electron chi connectivity index (χ1n) is 7.54. The van der Waals surface area contributed by atoms with Crippen LogP contribution in [-0.2, 0) is 0 Å². The smallest absolute Gasteiger partial charge is 0.319 e. The van der Waals surface area contributed by atoms with E-state index in [9.17, 15) is 4.79 Å². The minimum Gasteiger partial charge on any atom is -0.331 e. The van der Waals surface area contributed by atoms with E-state index < -0.39 is 0 Å². The zero-order valence-electron chi connectivity index (χ0n) is 12.3. The lowest BCUT2D eigenvalue weighted by Crippen LogP contribution is -2.50. The molecule has 3 N–H and O–H groups in total. The average Bonchev–Trinajstić information content (AvgIpc) is 2.41. The predicted octanol–water partition coefficient (Wildman–Crippen LogP) is 0.992. The van der Waals surface area contributed by atoms with Crippen LogP contribution in [0.5, 0.6) is 0 Å². The molecule has 5 nitrogen and oxygen atoms in total. The molecule has 19 heavy (non-hydrogen) atoms. The molecule has 0 aromatic heterocycles. The molecule has 0 spiro atoms. The molecule has 1 saturated heterocycles. The van der Waals surface area contributed by atoms with E-state index in [1.165, 1.54) is 12.8 Å². The minimum atomic E-state index is 0.141. The second-order valence-corrected chi connectivity index (χ2v) is 6.22. The Kier molecular flexibility index (Phi) is 5.05. The average molecular weight is 268 g/mol. The molecule has 0 bridgehead atoms. The molecule has 110 valence electrons. The van der Waals surface area contributed by atoms with Crippen LogP contribution >= 0.6 is 0 Å². The molecular weight excluding hydrogens is 240 g/mol. The van der Waals surface area contributed by atoms with Gasteiger partial charge in [0.15, 0.2) is 0 Å². The van der Waals surface area contributed by atoms with Crippen molar-refractivity contribution < 1.29 is 4.79 Å². The van der Waals surface area contributed by atoms with Crippen molar-refractivity contribution in [3.05, 3.63) is 0 Å². The first kappa shape index (κ1) is 14.6. The number of hydrogen-bond donors (Lipinski definition) is 2. The molecule has 0 aromatic carbocycles. The Morgan fingerprint density at radius 1 is 1.05 bits per heavy atom. The topological polar surface area (TPSA) is 61.6 Å². The fourth-order valence-corrected chi connectivity index (χ4v) is 3.14. The van der Waals surface area contributed by atoms with E-state index in [-0.39, 0.29) is 6.03 Å². The number of rotatable bonds is 2. The zero-order valence-corrected chi connectivity index (χ0v) is 12.3. The van der Waals surface area contributed by atoms with Crippen molar-refractivity contribution in [2.45, 2.75) is 56.7 Å². The number of carbonyl (C=O) groups excluding carboxylic acids is 1. The summed E-state index contributed by atoms with van der Waals surface area (Å²) >= 11 is 0. The number of carbonyl (C=O) groups is 1. The van der Waals surface area contributed by atoms with Gasteiger partial charge in [-0.15, -0.1) is 0 Å². The molecule has 2 amide bonds. The normalized spacial score (nSPS) is 29.3. The Hall–Kier alpha value is -0.810. The quantitative estimate of drug-likeness (QED) is 0.785. The van der Waals surface area contributed by atoms with Crippen molar-refractivity contribution in [2.75, 3.05) is 27.2 Å². The fourth-order valence-electron chi connectivity index (χ4n) is 3.14. The molecule has 5 heteroatoms. The van der Waals surface area contributed by atoms with Crippen LogP contribution in [0.15, 0.2) is 0 Å². The number of nitrogens with two attached hydrogens (primary N) is 1. The summed E-state index contributed by atoms with van der Waals surface area (Å²) in [6.45, 7) is 1.75. The molecule has 2 rings (SSSR count). The summed E-state index contributed by atoms with van der Waals surface area (Å²) < 4.78 is 0. The molecule has 1 aliphatic heterocycles. The Morgan fingerprint density at radius 3 is 2.11 bits per heavy atom. The van der Waals surface area contributed by atoms with Crippen LogP contribution in [-0.4, -0.2) is 61.1 Å². The number of likely N-dealkylation sites (tertiary alicyclic amines) is 1. The number of piperidine rings is 1. The third-order valence-corrected chi connectivity index (χ3v) is 4.39. The van der Waals surface area contributed by atoms with E-state index in [1.54, 1.807) is 4.90 Å². The maximum absolute atomic E-state index is 11.8. The van der Waals surface area contributed by atoms with Gasteiger partial charge in [0.2, 0.25) is 0 Å². The monoisotopic (exact) mass is 268 g/mol. The third kappa shape index (κ3) is 4.08. The van der Waals surface area contributed by atoms with Crippen LogP contribution in [0.2, 0.25) is 0 Å².